The molecule has 5 heteroatoms. The summed E-state index contributed by atoms with van der Waals surface area (Å²) in [5.74, 6) is 0.0346. The largest absolute Gasteiger partial charge is 0.508 e. The lowest BCUT2D eigenvalue weighted by Gasteiger charge is -2.37. The zero-order chi connectivity index (χ0) is 13.3. The van der Waals surface area contributed by atoms with Gasteiger partial charge < -0.3 is 14.6 Å². The summed E-state index contributed by atoms with van der Waals surface area (Å²) >= 11 is 3.44. The van der Waals surface area contributed by atoms with Gasteiger partial charge in [-0.25, -0.2) is 0 Å². The van der Waals surface area contributed by atoms with E-state index in [9.17, 15) is 5.11 Å². The van der Waals surface area contributed by atoms with Crippen LogP contribution in [0.25, 0.3) is 0 Å². The van der Waals surface area contributed by atoms with Gasteiger partial charge in [-0.2, -0.15) is 0 Å². The number of phenolic OH excluding ortho intramolecular Hbond substituents is 1. The van der Waals surface area contributed by atoms with E-state index in [1.54, 1.807) is 6.07 Å². The summed E-state index contributed by atoms with van der Waals surface area (Å²) in [5.41, 5.74) is 0.957. The van der Waals surface area contributed by atoms with E-state index in [0.717, 1.165) is 42.5 Å². The van der Waals surface area contributed by atoms with Crippen LogP contribution in [0.4, 0.5) is 0 Å². The third-order valence-electron chi connectivity index (χ3n) is 3.87. The normalized spacial score (nSPS) is 23.0. The number of aromatic hydroxyl groups is 1. The fourth-order valence-corrected chi connectivity index (χ4v) is 3.17. The first-order valence-corrected chi connectivity index (χ1v) is 7.44. The van der Waals surface area contributed by atoms with Crippen LogP contribution < -0.4 is 0 Å². The molecule has 0 bridgehead atoms. The number of hydrogen-bond donors (Lipinski definition) is 1. The molecule has 1 aromatic carbocycles. The summed E-state index contributed by atoms with van der Waals surface area (Å²) in [6, 6.07) is 5.56. The maximum absolute atomic E-state index is 9.87. The van der Waals surface area contributed by atoms with Crippen LogP contribution in [0.5, 0.6) is 5.75 Å². The maximum Gasteiger partial charge on any atom is 0.170 e. The van der Waals surface area contributed by atoms with Gasteiger partial charge >= 0.3 is 0 Å². The molecular weight excluding hydrogens is 310 g/mol. The van der Waals surface area contributed by atoms with Crippen LogP contribution in [0.2, 0.25) is 0 Å². The Morgan fingerprint density at radius 3 is 2.58 bits per heavy atom. The highest BCUT2D eigenvalue weighted by Crippen LogP contribution is 2.32. The van der Waals surface area contributed by atoms with E-state index in [0.29, 0.717) is 19.0 Å². The molecule has 0 aliphatic carbocycles. The molecule has 0 saturated carbocycles. The first-order chi connectivity index (χ1) is 9.17. The second-order valence-corrected chi connectivity index (χ2v) is 6.07. The van der Waals surface area contributed by atoms with E-state index in [1.165, 1.54) is 0 Å². The number of piperidine rings is 1. The van der Waals surface area contributed by atoms with Gasteiger partial charge in [0.15, 0.2) is 5.79 Å². The summed E-state index contributed by atoms with van der Waals surface area (Å²) in [5, 5.41) is 9.87. The summed E-state index contributed by atoms with van der Waals surface area (Å²) in [7, 11) is 0. The lowest BCUT2D eigenvalue weighted by molar-refractivity contribution is -0.185. The first-order valence-electron chi connectivity index (χ1n) is 6.65. The average Bonchev–Trinajstić information content (AvgIpc) is 2.85. The molecule has 0 unspecified atom stereocenters. The molecule has 2 aliphatic heterocycles. The zero-order valence-electron chi connectivity index (χ0n) is 10.8. The second kappa shape index (κ2) is 5.40. The number of likely N-dealkylation sites (tertiary alicyclic amines) is 1. The van der Waals surface area contributed by atoms with Gasteiger partial charge in [0.1, 0.15) is 5.75 Å². The van der Waals surface area contributed by atoms with Gasteiger partial charge in [-0.15, -0.1) is 0 Å². The van der Waals surface area contributed by atoms with Crippen molar-refractivity contribution in [1.82, 2.24) is 4.90 Å². The van der Waals surface area contributed by atoms with Crippen molar-refractivity contribution >= 4 is 15.9 Å². The van der Waals surface area contributed by atoms with Crippen LogP contribution in [0.15, 0.2) is 22.7 Å². The second-order valence-electron chi connectivity index (χ2n) is 5.16. The van der Waals surface area contributed by atoms with E-state index in [4.69, 9.17) is 9.47 Å². The predicted octanol–water partition coefficient (Wildman–Crippen LogP) is 2.49. The highest BCUT2D eigenvalue weighted by Gasteiger charge is 2.39. The molecule has 1 N–H and O–H groups in total. The zero-order valence-corrected chi connectivity index (χ0v) is 12.4. The third-order valence-corrected chi connectivity index (χ3v) is 4.36. The fraction of sp³-hybridized carbons (Fsp3) is 0.571. The number of nitrogens with zero attached hydrogens (tertiary/aromatic N) is 1. The highest BCUT2D eigenvalue weighted by atomic mass is 79.9. The first kappa shape index (κ1) is 13.4. The molecule has 2 saturated heterocycles. The molecule has 0 aromatic heterocycles. The molecule has 1 spiro atoms. The van der Waals surface area contributed by atoms with E-state index in [2.05, 4.69) is 20.8 Å². The summed E-state index contributed by atoms with van der Waals surface area (Å²) in [6.07, 6.45) is 1.81. The van der Waals surface area contributed by atoms with Crippen molar-refractivity contribution in [2.24, 2.45) is 0 Å². The Morgan fingerprint density at radius 2 is 1.89 bits per heavy atom. The lowest BCUT2D eigenvalue weighted by atomic mass is 10.0. The molecule has 0 amide bonds. The van der Waals surface area contributed by atoms with Crippen LogP contribution in [-0.4, -0.2) is 42.1 Å². The minimum atomic E-state index is -0.324. The van der Waals surface area contributed by atoms with Gasteiger partial charge in [0.2, 0.25) is 0 Å². The van der Waals surface area contributed by atoms with Crippen molar-refractivity contribution in [3.05, 3.63) is 28.2 Å². The van der Waals surface area contributed by atoms with Gasteiger partial charge in [0.25, 0.3) is 0 Å². The Labute approximate surface area is 121 Å². The Bertz CT molecular complexity index is 450. The Balaban J connectivity index is 1.61. The number of phenols is 1. The molecule has 0 atom stereocenters. The Kier molecular flexibility index (Phi) is 3.80. The molecule has 2 heterocycles. The van der Waals surface area contributed by atoms with Crippen LogP contribution in [0, 0.1) is 0 Å². The maximum atomic E-state index is 9.87. The monoisotopic (exact) mass is 327 g/mol. The van der Waals surface area contributed by atoms with Crippen molar-refractivity contribution in [1.29, 1.82) is 0 Å². The summed E-state index contributed by atoms with van der Waals surface area (Å²) in [4.78, 5) is 2.33. The highest BCUT2D eigenvalue weighted by molar-refractivity contribution is 9.10. The van der Waals surface area contributed by atoms with Crippen molar-refractivity contribution < 1.29 is 14.6 Å². The van der Waals surface area contributed by atoms with E-state index in [1.807, 2.05) is 12.1 Å². The topological polar surface area (TPSA) is 41.9 Å². The third kappa shape index (κ3) is 2.94. The number of rotatable bonds is 2. The van der Waals surface area contributed by atoms with Gasteiger partial charge in [0, 0.05) is 42.5 Å². The molecule has 0 radical (unpaired) electrons. The number of hydrogen-bond acceptors (Lipinski definition) is 4. The SMILES string of the molecule is Oc1ccc(Br)cc1CN1CCC2(CC1)OCCO2. The minimum absolute atomic E-state index is 0.324. The van der Waals surface area contributed by atoms with Crippen molar-refractivity contribution in [3.63, 3.8) is 0 Å². The van der Waals surface area contributed by atoms with Crippen LogP contribution in [0.3, 0.4) is 0 Å². The van der Waals surface area contributed by atoms with Crippen LogP contribution in [0.1, 0.15) is 18.4 Å². The minimum Gasteiger partial charge on any atom is -0.508 e. The average molecular weight is 328 g/mol. The van der Waals surface area contributed by atoms with Crippen LogP contribution >= 0.6 is 15.9 Å². The molecular formula is C14H18BrNO3. The van der Waals surface area contributed by atoms with Crippen molar-refractivity contribution in [2.45, 2.75) is 25.2 Å². The summed E-state index contributed by atoms with van der Waals surface area (Å²) < 4.78 is 12.4. The summed E-state index contributed by atoms with van der Waals surface area (Å²) in [6.45, 7) is 4.07. The molecule has 4 nitrogen and oxygen atoms in total. The quantitative estimate of drug-likeness (QED) is 0.906. The van der Waals surface area contributed by atoms with Gasteiger partial charge in [-0.05, 0) is 18.2 Å². The number of ether oxygens (including phenoxy) is 2. The Hall–Kier alpha value is -0.620. The van der Waals surface area contributed by atoms with Crippen molar-refractivity contribution in [3.8, 4) is 5.75 Å². The fourth-order valence-electron chi connectivity index (χ4n) is 2.76. The van der Waals surface area contributed by atoms with Gasteiger partial charge in [-0.3, -0.25) is 4.90 Å². The van der Waals surface area contributed by atoms with E-state index >= 15 is 0 Å². The molecule has 104 valence electrons. The van der Waals surface area contributed by atoms with Crippen LogP contribution in [-0.2, 0) is 16.0 Å². The lowest BCUT2D eigenvalue weighted by Crippen LogP contribution is -2.44. The number of halogens is 1. The van der Waals surface area contributed by atoms with Gasteiger partial charge in [0.05, 0.1) is 13.2 Å². The molecule has 3 rings (SSSR count). The smallest absolute Gasteiger partial charge is 0.170 e. The molecule has 2 aliphatic rings. The number of benzene rings is 1. The molecule has 1 aromatic rings. The standard InChI is InChI=1S/C14H18BrNO3/c15-12-1-2-13(17)11(9-12)10-16-5-3-14(4-6-16)18-7-8-19-14/h1-2,9,17H,3-8,10H2. The van der Waals surface area contributed by atoms with E-state index in [-0.39, 0.29) is 5.79 Å². The molecule has 19 heavy (non-hydrogen) atoms. The predicted molar refractivity (Wildman–Crippen MR) is 75.0 cm³/mol. The molecule has 2 fully saturated rings. The van der Waals surface area contributed by atoms with E-state index < -0.39 is 0 Å². The van der Waals surface area contributed by atoms with Crippen molar-refractivity contribution in [2.75, 3.05) is 26.3 Å². The van der Waals surface area contributed by atoms with Gasteiger partial charge in [-0.1, -0.05) is 15.9 Å². The Morgan fingerprint density at radius 1 is 1.21 bits per heavy atom.